The lowest BCUT2D eigenvalue weighted by Crippen LogP contribution is -2.16. The number of carbonyl (C=O) groups excluding carboxylic acids is 1. The number of aliphatic hydroxyl groups excluding tert-OH is 1. The highest BCUT2D eigenvalue weighted by molar-refractivity contribution is 5.85. The van der Waals surface area contributed by atoms with Crippen LogP contribution in [0.1, 0.15) is 0 Å². The molecule has 16 heavy (non-hydrogen) atoms. The average molecular weight is 229 g/mol. The quantitative estimate of drug-likeness (QED) is 0.818. The molecule has 5 nitrogen and oxygen atoms in total. The Labute approximate surface area is 91.8 Å². The summed E-state index contributed by atoms with van der Waals surface area (Å²) in [5.41, 5.74) is -0.0395. The Morgan fingerprint density at radius 1 is 1.56 bits per heavy atom. The summed E-state index contributed by atoms with van der Waals surface area (Å²) in [6, 6.07) is 3.93. The smallest absolute Gasteiger partial charge is 0.411 e. The van der Waals surface area contributed by atoms with Crippen LogP contribution in [-0.2, 0) is 4.74 Å². The lowest BCUT2D eigenvalue weighted by atomic mass is 10.3. The predicted octanol–water partition coefficient (Wildman–Crippen LogP) is 1.38. The van der Waals surface area contributed by atoms with Gasteiger partial charge in [0.25, 0.3) is 0 Å². The van der Waals surface area contributed by atoms with Gasteiger partial charge in [-0.05, 0) is 12.1 Å². The Balaban J connectivity index is 2.68. The van der Waals surface area contributed by atoms with Crippen LogP contribution in [-0.4, -0.2) is 31.5 Å². The molecule has 0 saturated carbocycles. The maximum atomic E-state index is 13.2. The number of rotatable bonds is 4. The van der Waals surface area contributed by atoms with Crippen molar-refractivity contribution in [1.29, 1.82) is 0 Å². The van der Waals surface area contributed by atoms with Crippen molar-refractivity contribution in [3.8, 4) is 5.75 Å². The summed E-state index contributed by atoms with van der Waals surface area (Å²) in [5, 5.41) is 10.6. The molecule has 0 heterocycles. The van der Waals surface area contributed by atoms with E-state index in [0.717, 1.165) is 0 Å². The van der Waals surface area contributed by atoms with Gasteiger partial charge in [0.2, 0.25) is 0 Å². The van der Waals surface area contributed by atoms with Crippen LogP contribution >= 0.6 is 0 Å². The molecule has 1 amide bonds. The van der Waals surface area contributed by atoms with Crippen molar-refractivity contribution in [1.82, 2.24) is 0 Å². The number of aliphatic hydroxyl groups is 1. The predicted molar refractivity (Wildman–Crippen MR) is 55.0 cm³/mol. The van der Waals surface area contributed by atoms with Crippen LogP contribution in [0.2, 0.25) is 0 Å². The number of ether oxygens (including phenoxy) is 2. The fourth-order valence-electron chi connectivity index (χ4n) is 1.01. The first-order valence-electron chi connectivity index (χ1n) is 4.55. The fraction of sp³-hybridized carbons (Fsp3) is 0.300. The van der Waals surface area contributed by atoms with Gasteiger partial charge < -0.3 is 14.6 Å². The summed E-state index contributed by atoms with van der Waals surface area (Å²) in [4.78, 5) is 11.1. The summed E-state index contributed by atoms with van der Waals surface area (Å²) < 4.78 is 22.6. The second-order valence-corrected chi connectivity index (χ2v) is 2.83. The Kier molecular flexibility index (Phi) is 4.53. The molecule has 0 radical (unpaired) electrons. The molecule has 1 aromatic rings. The van der Waals surface area contributed by atoms with Gasteiger partial charge in [0.1, 0.15) is 18.2 Å². The van der Waals surface area contributed by atoms with E-state index < -0.39 is 11.9 Å². The van der Waals surface area contributed by atoms with Crippen molar-refractivity contribution in [2.45, 2.75) is 0 Å². The van der Waals surface area contributed by atoms with Crippen LogP contribution in [0.25, 0.3) is 0 Å². The minimum absolute atomic E-state index is 0.0395. The molecule has 0 unspecified atom stereocenters. The number of hydrogen-bond acceptors (Lipinski definition) is 4. The lowest BCUT2D eigenvalue weighted by molar-refractivity contribution is 0.131. The molecule has 1 rings (SSSR count). The average Bonchev–Trinajstić information content (AvgIpc) is 2.29. The summed E-state index contributed by atoms with van der Waals surface area (Å²) in [5.74, 6) is -0.180. The summed E-state index contributed by atoms with van der Waals surface area (Å²) in [6.07, 6.45) is -0.832. The number of anilines is 1. The third-order valence-electron chi connectivity index (χ3n) is 1.73. The van der Waals surface area contributed by atoms with Crippen molar-refractivity contribution in [3.63, 3.8) is 0 Å². The van der Waals surface area contributed by atoms with Crippen LogP contribution < -0.4 is 10.1 Å². The summed E-state index contributed by atoms with van der Waals surface area (Å²) in [6.45, 7) is -0.425. The second kappa shape index (κ2) is 5.92. The van der Waals surface area contributed by atoms with Gasteiger partial charge in [-0.3, -0.25) is 5.32 Å². The highest BCUT2D eigenvalue weighted by Crippen LogP contribution is 2.21. The number of methoxy groups -OCH3 is 1. The monoisotopic (exact) mass is 229 g/mol. The molecule has 0 aliphatic carbocycles. The molecular formula is C10H12FNO4. The molecule has 0 atom stereocenters. The third-order valence-corrected chi connectivity index (χ3v) is 1.73. The van der Waals surface area contributed by atoms with Gasteiger partial charge in [0.05, 0.1) is 19.4 Å². The fourth-order valence-corrected chi connectivity index (χ4v) is 1.01. The summed E-state index contributed by atoms with van der Waals surface area (Å²) >= 11 is 0. The molecule has 88 valence electrons. The zero-order valence-corrected chi connectivity index (χ0v) is 8.70. The van der Waals surface area contributed by atoms with E-state index in [1.54, 1.807) is 0 Å². The number of hydrogen-bond donors (Lipinski definition) is 2. The Hall–Kier alpha value is -1.82. The molecule has 0 spiro atoms. The number of amides is 1. The molecular weight excluding hydrogens is 217 g/mol. The largest absolute Gasteiger partial charge is 0.497 e. The van der Waals surface area contributed by atoms with Crippen molar-refractivity contribution < 1.29 is 23.8 Å². The van der Waals surface area contributed by atoms with Gasteiger partial charge in [-0.15, -0.1) is 0 Å². The molecule has 0 bridgehead atoms. The second-order valence-electron chi connectivity index (χ2n) is 2.83. The highest BCUT2D eigenvalue weighted by atomic mass is 19.1. The Morgan fingerprint density at radius 2 is 2.31 bits per heavy atom. The van der Waals surface area contributed by atoms with E-state index in [1.807, 2.05) is 0 Å². The van der Waals surface area contributed by atoms with Gasteiger partial charge in [0, 0.05) is 6.07 Å². The van der Waals surface area contributed by atoms with Crippen LogP contribution in [0.4, 0.5) is 14.9 Å². The topological polar surface area (TPSA) is 67.8 Å². The molecule has 0 aliphatic heterocycles. The van der Waals surface area contributed by atoms with E-state index in [0.29, 0.717) is 5.75 Å². The molecule has 2 N–H and O–H groups in total. The number of benzene rings is 1. The van der Waals surface area contributed by atoms with Crippen molar-refractivity contribution in [2.75, 3.05) is 25.6 Å². The number of halogens is 1. The van der Waals surface area contributed by atoms with Crippen LogP contribution in [0, 0.1) is 5.82 Å². The number of nitrogens with one attached hydrogen (secondary N) is 1. The van der Waals surface area contributed by atoms with E-state index in [4.69, 9.17) is 9.84 Å². The standard InChI is InChI=1S/C10H12FNO4/c1-15-7-2-3-8(11)9(6-7)12-10(14)16-5-4-13/h2-3,6,13H,4-5H2,1H3,(H,12,14). The molecule has 6 heteroatoms. The van der Waals surface area contributed by atoms with Crippen molar-refractivity contribution >= 4 is 11.8 Å². The lowest BCUT2D eigenvalue weighted by Gasteiger charge is -2.08. The van der Waals surface area contributed by atoms with E-state index in [1.165, 1.54) is 25.3 Å². The van der Waals surface area contributed by atoms with E-state index in [2.05, 4.69) is 10.1 Å². The maximum absolute atomic E-state index is 13.2. The SMILES string of the molecule is COc1ccc(F)c(NC(=O)OCCO)c1. The van der Waals surface area contributed by atoms with Crippen LogP contribution in [0.3, 0.4) is 0 Å². The highest BCUT2D eigenvalue weighted by Gasteiger charge is 2.08. The van der Waals surface area contributed by atoms with E-state index >= 15 is 0 Å². The van der Waals surface area contributed by atoms with Crippen LogP contribution in [0.5, 0.6) is 5.75 Å². The Morgan fingerprint density at radius 3 is 2.94 bits per heavy atom. The molecule has 0 saturated heterocycles. The zero-order valence-electron chi connectivity index (χ0n) is 8.70. The first-order valence-corrected chi connectivity index (χ1v) is 4.55. The van der Waals surface area contributed by atoms with Gasteiger partial charge in [0.15, 0.2) is 0 Å². The first kappa shape index (κ1) is 12.3. The van der Waals surface area contributed by atoms with Gasteiger partial charge in [-0.2, -0.15) is 0 Å². The van der Waals surface area contributed by atoms with Gasteiger partial charge in [-0.25, -0.2) is 9.18 Å². The van der Waals surface area contributed by atoms with E-state index in [9.17, 15) is 9.18 Å². The minimum atomic E-state index is -0.832. The third kappa shape index (κ3) is 3.39. The normalized spacial score (nSPS) is 9.69. The van der Waals surface area contributed by atoms with Crippen molar-refractivity contribution in [3.05, 3.63) is 24.0 Å². The molecule has 0 aliphatic rings. The number of carbonyl (C=O) groups is 1. The molecule has 0 aromatic heterocycles. The first-order chi connectivity index (χ1) is 7.67. The molecule has 0 fully saturated rings. The van der Waals surface area contributed by atoms with Crippen molar-refractivity contribution in [2.24, 2.45) is 0 Å². The maximum Gasteiger partial charge on any atom is 0.411 e. The zero-order chi connectivity index (χ0) is 12.0. The Bertz CT molecular complexity index is 370. The molecule has 1 aromatic carbocycles. The van der Waals surface area contributed by atoms with Gasteiger partial charge in [-0.1, -0.05) is 0 Å². The van der Waals surface area contributed by atoms with Gasteiger partial charge >= 0.3 is 6.09 Å². The summed E-state index contributed by atoms with van der Waals surface area (Å²) in [7, 11) is 1.43. The minimum Gasteiger partial charge on any atom is -0.497 e. The van der Waals surface area contributed by atoms with E-state index in [-0.39, 0.29) is 18.9 Å². The van der Waals surface area contributed by atoms with Crippen LogP contribution in [0.15, 0.2) is 18.2 Å².